The number of methoxy groups -OCH3 is 1. The Balaban J connectivity index is 2.55. The van der Waals surface area contributed by atoms with Crippen LogP contribution in [0.2, 0.25) is 0 Å². The van der Waals surface area contributed by atoms with Crippen LogP contribution < -0.4 is 10.5 Å². The number of carbonyl (C=O) groups excluding carboxylic acids is 1. The lowest BCUT2D eigenvalue weighted by Gasteiger charge is -2.11. The molecule has 0 aliphatic heterocycles. The molecule has 2 rings (SSSR count). The summed E-state index contributed by atoms with van der Waals surface area (Å²) in [6, 6.07) is 7.18. The molecule has 2 aromatic rings. The third-order valence-electron chi connectivity index (χ3n) is 2.91. The van der Waals surface area contributed by atoms with Gasteiger partial charge in [0, 0.05) is 15.7 Å². The fourth-order valence-electron chi connectivity index (χ4n) is 1.90. The lowest BCUT2D eigenvalue weighted by molar-refractivity contribution is 0.103. The van der Waals surface area contributed by atoms with Crippen molar-refractivity contribution in [1.29, 1.82) is 0 Å². The molecular formula is C15H13BrFNO2. The second-order valence-electron chi connectivity index (χ2n) is 4.40. The van der Waals surface area contributed by atoms with E-state index in [1.54, 1.807) is 12.1 Å². The van der Waals surface area contributed by atoms with Crippen molar-refractivity contribution in [3.63, 3.8) is 0 Å². The lowest BCUT2D eigenvalue weighted by atomic mass is 10.0. The van der Waals surface area contributed by atoms with Crippen LogP contribution in [0.1, 0.15) is 21.5 Å². The third-order valence-corrected chi connectivity index (χ3v) is 3.76. The summed E-state index contributed by atoms with van der Waals surface area (Å²) in [6.07, 6.45) is 0. The van der Waals surface area contributed by atoms with Crippen molar-refractivity contribution in [3.05, 3.63) is 57.3 Å². The maximum atomic E-state index is 13.4. The number of ether oxygens (including phenoxy) is 1. The van der Waals surface area contributed by atoms with Gasteiger partial charge in [-0.2, -0.15) is 0 Å². The van der Waals surface area contributed by atoms with Gasteiger partial charge in [0.1, 0.15) is 11.6 Å². The van der Waals surface area contributed by atoms with Gasteiger partial charge in [-0.3, -0.25) is 4.79 Å². The first-order valence-electron chi connectivity index (χ1n) is 5.87. The molecule has 0 fully saturated rings. The highest BCUT2D eigenvalue weighted by atomic mass is 79.9. The number of halogens is 2. The van der Waals surface area contributed by atoms with Crippen LogP contribution in [-0.4, -0.2) is 12.9 Å². The van der Waals surface area contributed by atoms with E-state index in [1.165, 1.54) is 19.2 Å². The molecule has 0 bridgehead atoms. The van der Waals surface area contributed by atoms with Crippen LogP contribution in [0.25, 0.3) is 0 Å². The van der Waals surface area contributed by atoms with Gasteiger partial charge in [-0.25, -0.2) is 4.39 Å². The van der Waals surface area contributed by atoms with Crippen LogP contribution in [0.3, 0.4) is 0 Å². The molecule has 0 unspecified atom stereocenters. The molecule has 2 aromatic carbocycles. The fraction of sp³-hybridized carbons (Fsp3) is 0.133. The zero-order valence-electron chi connectivity index (χ0n) is 11.0. The standard InChI is InChI=1S/C15H13BrFNO2/c1-8-3-14(20-2)12(7-13(8)16)15(19)9-4-10(17)6-11(18)5-9/h3-7H,18H2,1-2H3. The molecular weight excluding hydrogens is 325 g/mol. The number of carbonyl (C=O) groups is 1. The summed E-state index contributed by atoms with van der Waals surface area (Å²) in [4.78, 5) is 12.5. The van der Waals surface area contributed by atoms with Crippen LogP contribution in [0.15, 0.2) is 34.8 Å². The molecule has 5 heteroatoms. The molecule has 0 saturated heterocycles. The van der Waals surface area contributed by atoms with Gasteiger partial charge in [0.2, 0.25) is 0 Å². The van der Waals surface area contributed by atoms with Crippen molar-refractivity contribution in [2.75, 3.05) is 12.8 Å². The number of hydrogen-bond donors (Lipinski definition) is 1. The summed E-state index contributed by atoms with van der Waals surface area (Å²) >= 11 is 3.37. The van der Waals surface area contributed by atoms with E-state index in [9.17, 15) is 9.18 Å². The minimum absolute atomic E-state index is 0.191. The molecule has 0 spiro atoms. The summed E-state index contributed by atoms with van der Waals surface area (Å²) in [5.41, 5.74) is 7.26. The van der Waals surface area contributed by atoms with Crippen molar-refractivity contribution in [1.82, 2.24) is 0 Å². The van der Waals surface area contributed by atoms with Gasteiger partial charge in [0.15, 0.2) is 5.78 Å². The van der Waals surface area contributed by atoms with E-state index in [-0.39, 0.29) is 17.0 Å². The Kier molecular flexibility index (Phi) is 4.09. The quantitative estimate of drug-likeness (QED) is 0.686. The van der Waals surface area contributed by atoms with Gasteiger partial charge in [0.05, 0.1) is 12.7 Å². The highest BCUT2D eigenvalue weighted by Gasteiger charge is 2.17. The zero-order valence-corrected chi connectivity index (χ0v) is 12.6. The maximum Gasteiger partial charge on any atom is 0.196 e. The van der Waals surface area contributed by atoms with Crippen LogP contribution in [0.4, 0.5) is 10.1 Å². The van der Waals surface area contributed by atoms with Gasteiger partial charge in [-0.1, -0.05) is 15.9 Å². The number of nitrogen functional groups attached to an aromatic ring is 1. The molecule has 0 atom stereocenters. The van der Waals surface area contributed by atoms with E-state index in [0.717, 1.165) is 16.1 Å². The Labute approximate surface area is 124 Å². The van der Waals surface area contributed by atoms with Crippen LogP contribution in [0.5, 0.6) is 5.75 Å². The van der Waals surface area contributed by atoms with Crippen LogP contribution >= 0.6 is 15.9 Å². The molecule has 104 valence electrons. The number of anilines is 1. The lowest BCUT2D eigenvalue weighted by Crippen LogP contribution is -2.06. The SMILES string of the molecule is COc1cc(C)c(Br)cc1C(=O)c1cc(N)cc(F)c1. The number of rotatable bonds is 3. The molecule has 20 heavy (non-hydrogen) atoms. The average molecular weight is 338 g/mol. The van der Waals surface area contributed by atoms with Crippen molar-refractivity contribution < 1.29 is 13.9 Å². The number of benzene rings is 2. The maximum absolute atomic E-state index is 13.4. The first-order chi connectivity index (χ1) is 9.42. The normalized spacial score (nSPS) is 10.4. The Morgan fingerprint density at radius 1 is 1.25 bits per heavy atom. The topological polar surface area (TPSA) is 52.3 Å². The first-order valence-corrected chi connectivity index (χ1v) is 6.66. The number of aryl methyl sites for hydroxylation is 1. The summed E-state index contributed by atoms with van der Waals surface area (Å²) in [7, 11) is 1.49. The highest BCUT2D eigenvalue weighted by Crippen LogP contribution is 2.29. The molecule has 2 N–H and O–H groups in total. The summed E-state index contributed by atoms with van der Waals surface area (Å²) in [6.45, 7) is 1.89. The molecule has 0 aromatic heterocycles. The van der Waals surface area contributed by atoms with Crippen LogP contribution in [-0.2, 0) is 0 Å². The Hall–Kier alpha value is -1.88. The predicted octanol–water partition coefficient (Wildman–Crippen LogP) is 3.72. The first kappa shape index (κ1) is 14.5. The van der Waals surface area contributed by atoms with E-state index >= 15 is 0 Å². The smallest absolute Gasteiger partial charge is 0.196 e. The fourth-order valence-corrected chi connectivity index (χ4v) is 2.24. The van der Waals surface area contributed by atoms with Crippen molar-refractivity contribution >= 4 is 27.4 Å². The van der Waals surface area contributed by atoms with Gasteiger partial charge in [-0.05, 0) is 42.8 Å². The van der Waals surface area contributed by atoms with E-state index < -0.39 is 5.82 Å². The second kappa shape index (κ2) is 5.63. The average Bonchev–Trinajstić information content (AvgIpc) is 2.39. The molecule has 0 aliphatic carbocycles. The molecule has 0 heterocycles. The number of hydrogen-bond acceptors (Lipinski definition) is 3. The molecule has 0 saturated carbocycles. The number of ketones is 1. The Bertz CT molecular complexity index is 666. The second-order valence-corrected chi connectivity index (χ2v) is 5.26. The summed E-state index contributed by atoms with van der Waals surface area (Å²) in [5, 5.41) is 0. The van der Waals surface area contributed by atoms with E-state index in [4.69, 9.17) is 10.5 Å². The zero-order chi connectivity index (χ0) is 14.9. The van der Waals surface area contributed by atoms with Gasteiger partial charge < -0.3 is 10.5 Å². The molecule has 0 amide bonds. The van der Waals surface area contributed by atoms with Crippen LogP contribution in [0, 0.1) is 12.7 Å². The largest absolute Gasteiger partial charge is 0.496 e. The van der Waals surface area contributed by atoms with Gasteiger partial charge in [0.25, 0.3) is 0 Å². The summed E-state index contributed by atoms with van der Waals surface area (Å²) in [5.74, 6) is -0.439. The van der Waals surface area contributed by atoms with Crippen molar-refractivity contribution in [2.24, 2.45) is 0 Å². The Morgan fingerprint density at radius 2 is 1.95 bits per heavy atom. The van der Waals surface area contributed by atoms with E-state index in [0.29, 0.717) is 11.3 Å². The third kappa shape index (κ3) is 2.82. The summed E-state index contributed by atoms with van der Waals surface area (Å²) < 4.78 is 19.4. The number of nitrogens with two attached hydrogens (primary N) is 1. The highest BCUT2D eigenvalue weighted by molar-refractivity contribution is 9.10. The van der Waals surface area contributed by atoms with E-state index in [1.807, 2.05) is 6.92 Å². The molecule has 3 nitrogen and oxygen atoms in total. The Morgan fingerprint density at radius 3 is 2.55 bits per heavy atom. The van der Waals surface area contributed by atoms with Crippen molar-refractivity contribution in [2.45, 2.75) is 6.92 Å². The minimum atomic E-state index is -0.543. The van der Waals surface area contributed by atoms with E-state index in [2.05, 4.69) is 15.9 Å². The molecule has 0 aliphatic rings. The van der Waals surface area contributed by atoms with Gasteiger partial charge in [-0.15, -0.1) is 0 Å². The minimum Gasteiger partial charge on any atom is -0.496 e. The van der Waals surface area contributed by atoms with Crippen molar-refractivity contribution in [3.8, 4) is 5.75 Å². The monoisotopic (exact) mass is 337 g/mol. The van der Waals surface area contributed by atoms with Gasteiger partial charge >= 0.3 is 0 Å². The predicted molar refractivity (Wildman–Crippen MR) is 79.7 cm³/mol. The molecule has 0 radical (unpaired) electrons.